The fourth-order valence-corrected chi connectivity index (χ4v) is 10.2. The molecule has 7 nitrogen and oxygen atoms in total. The highest BCUT2D eigenvalue weighted by molar-refractivity contribution is 8.46. The van der Waals surface area contributed by atoms with Crippen molar-refractivity contribution >= 4 is 65.4 Å². The van der Waals surface area contributed by atoms with Crippen molar-refractivity contribution in [3.05, 3.63) is 208 Å². The number of aryl methyl sites for hydroxylation is 2. The van der Waals surface area contributed by atoms with Gasteiger partial charge in [-0.25, -0.2) is 0 Å². The summed E-state index contributed by atoms with van der Waals surface area (Å²) in [4.78, 5) is -1.86. The molecule has 0 aliphatic carbocycles. The van der Waals surface area contributed by atoms with Crippen molar-refractivity contribution in [2.45, 2.75) is 103 Å². The number of rotatable bonds is 13. The molecule has 448 valence electrons. The predicted molar refractivity (Wildman–Crippen MR) is 330 cm³/mol. The first kappa shape index (κ1) is 67.0. The Bertz CT molecular complexity index is 3520. The Hall–Kier alpha value is -6.80. The van der Waals surface area contributed by atoms with Gasteiger partial charge in [0, 0.05) is 47.7 Å². The van der Waals surface area contributed by atoms with Gasteiger partial charge in [0.1, 0.15) is 9.79 Å². The zero-order chi connectivity index (χ0) is 62.2. The molecule has 0 spiro atoms. The number of hydrogen-bond acceptors (Lipinski definition) is 6. The van der Waals surface area contributed by atoms with Crippen LogP contribution in [0.3, 0.4) is 0 Å². The van der Waals surface area contributed by atoms with E-state index in [1.165, 1.54) is 16.8 Å². The average molecular weight is 1240 g/mol. The van der Waals surface area contributed by atoms with Crippen LogP contribution in [0.1, 0.15) is 124 Å². The molecule has 0 radical (unpaired) electrons. The molecular formula is C62H69Cl2F10N7S2. The fraction of sp³-hybridized carbons (Fsp3) is 0.258. The maximum atomic E-state index is 13.3. The third-order valence-corrected chi connectivity index (χ3v) is 15.9. The van der Waals surface area contributed by atoms with E-state index in [0.29, 0.717) is 35.4 Å². The summed E-state index contributed by atoms with van der Waals surface area (Å²) in [6.07, 6.45) is 0. The smallest absolute Gasteiger partial charge is 0.310 e. The molecule has 0 bridgehead atoms. The molecule has 8 rings (SSSR count). The van der Waals surface area contributed by atoms with Crippen LogP contribution in [0.4, 0.5) is 50.2 Å². The number of para-hydroxylation sites is 3. The van der Waals surface area contributed by atoms with Crippen molar-refractivity contribution in [1.29, 1.82) is 0 Å². The van der Waals surface area contributed by atoms with E-state index < -0.39 is 30.2 Å². The zero-order valence-electron chi connectivity index (χ0n) is 48.0. The van der Waals surface area contributed by atoms with Crippen LogP contribution in [-0.4, -0.2) is 39.2 Å². The molecule has 0 aliphatic rings. The van der Waals surface area contributed by atoms with Crippen LogP contribution in [-0.2, 0) is 0 Å². The van der Waals surface area contributed by atoms with Gasteiger partial charge in [-0.15, -0.1) is 20.4 Å². The standard InChI is InChI=1S/C27H28F5N3S.C15H11Cl2F5N2S.C12H19N.C8H11N/c1-17(2)22-11-8-12-23(18(3)4)25(22)35-26(33-34-27(35)24-10-7-6-9-19(24)5)20-13-15-21(16-14-20)36(28,29,30,31)32;1-10-4-2-3-5-13(10)15(17)24-23-14(16)11-6-8-12(9-7-11)25(18,19,20,21)22;1-8(2)10-6-5-7-11(9(3)4)12(10)13;1-9(2)8-6-4-3-5-7-8/h6-18H,1-5H3;2-9H,1H3;5-9H,13H2,1-4H3;3-7H,1-2H3/b;23-14-,24-15-;;. The van der Waals surface area contributed by atoms with Gasteiger partial charge in [-0.3, -0.25) is 4.57 Å². The van der Waals surface area contributed by atoms with Crippen LogP contribution in [0.15, 0.2) is 184 Å². The maximum absolute atomic E-state index is 13.3. The van der Waals surface area contributed by atoms with Crippen LogP contribution in [0, 0.1) is 13.8 Å². The molecule has 83 heavy (non-hydrogen) atoms. The van der Waals surface area contributed by atoms with E-state index >= 15 is 0 Å². The molecular weight excluding hydrogens is 1170 g/mol. The highest BCUT2D eigenvalue weighted by Crippen LogP contribution is 3.02. The Labute approximate surface area is 490 Å². The van der Waals surface area contributed by atoms with Crippen molar-refractivity contribution in [3.63, 3.8) is 0 Å². The summed E-state index contributed by atoms with van der Waals surface area (Å²) in [6, 6.07) is 42.2. The molecule has 0 atom stereocenters. The second kappa shape index (κ2) is 24.8. The first-order valence-corrected chi connectivity index (χ1v) is 30.8. The third kappa shape index (κ3) is 18.1. The van der Waals surface area contributed by atoms with E-state index in [-0.39, 0.29) is 51.3 Å². The second-order valence-corrected chi connectivity index (χ2v) is 26.6. The quantitative estimate of drug-likeness (QED) is 0.0539. The highest BCUT2D eigenvalue weighted by atomic mass is 35.5. The van der Waals surface area contributed by atoms with Gasteiger partial charge in [-0.1, -0.05) is 233 Å². The van der Waals surface area contributed by atoms with E-state index in [9.17, 15) is 38.9 Å². The number of anilines is 2. The monoisotopic (exact) mass is 1240 g/mol. The molecule has 0 aliphatic heterocycles. The Morgan fingerprint density at radius 3 is 1.29 bits per heavy atom. The molecule has 21 heteroatoms. The van der Waals surface area contributed by atoms with Gasteiger partial charge in [-0.05, 0) is 119 Å². The molecule has 0 amide bonds. The summed E-state index contributed by atoms with van der Waals surface area (Å²) in [5, 5.41) is 15.9. The van der Waals surface area contributed by atoms with Gasteiger partial charge in [0.15, 0.2) is 22.0 Å². The first-order valence-electron chi connectivity index (χ1n) is 26.2. The van der Waals surface area contributed by atoms with Gasteiger partial charge in [-0.2, -0.15) is 0 Å². The minimum absolute atomic E-state index is 0.00901. The van der Waals surface area contributed by atoms with Crippen molar-refractivity contribution in [2.24, 2.45) is 10.2 Å². The number of halogens is 12. The van der Waals surface area contributed by atoms with Gasteiger partial charge in [0.2, 0.25) is 0 Å². The predicted octanol–water partition coefficient (Wildman–Crippen LogP) is 22.3. The summed E-state index contributed by atoms with van der Waals surface area (Å²) in [5.74, 6) is 2.06. The maximum Gasteiger partial charge on any atom is 0.310 e. The second-order valence-electron chi connectivity index (χ2n) is 21.1. The van der Waals surface area contributed by atoms with Gasteiger partial charge >= 0.3 is 20.4 Å². The highest BCUT2D eigenvalue weighted by Gasteiger charge is 2.66. The number of benzene rings is 7. The Morgan fingerprint density at radius 2 is 0.867 bits per heavy atom. The minimum atomic E-state index is -9.80. The van der Waals surface area contributed by atoms with Crippen LogP contribution < -0.4 is 10.6 Å². The fourth-order valence-electron chi connectivity index (χ4n) is 8.50. The molecule has 0 saturated carbocycles. The molecule has 8 aromatic rings. The van der Waals surface area contributed by atoms with Crippen molar-refractivity contribution < 1.29 is 38.9 Å². The van der Waals surface area contributed by atoms with Crippen molar-refractivity contribution in [3.8, 4) is 28.5 Å². The molecule has 7 aromatic carbocycles. The van der Waals surface area contributed by atoms with E-state index in [2.05, 4.69) is 111 Å². The molecule has 0 unspecified atom stereocenters. The number of hydrogen-bond donors (Lipinski definition) is 1. The molecule has 0 fully saturated rings. The summed E-state index contributed by atoms with van der Waals surface area (Å²) in [6.45, 7) is 20.7. The summed E-state index contributed by atoms with van der Waals surface area (Å²) in [7, 11) is -15.4. The summed E-state index contributed by atoms with van der Waals surface area (Å²) < 4.78 is 132. The Balaban J connectivity index is 0.000000230. The lowest BCUT2D eigenvalue weighted by atomic mass is 9.92. The van der Waals surface area contributed by atoms with Crippen molar-refractivity contribution in [2.75, 3.05) is 24.7 Å². The number of nitrogens with zero attached hydrogens (tertiary/aromatic N) is 6. The Morgan fingerprint density at radius 1 is 0.470 bits per heavy atom. The lowest BCUT2D eigenvalue weighted by Gasteiger charge is -2.40. The average Bonchev–Trinajstić information content (AvgIpc) is 2.79. The molecule has 2 N–H and O–H groups in total. The summed E-state index contributed by atoms with van der Waals surface area (Å²) >= 11 is 11.8. The molecule has 1 aromatic heterocycles. The van der Waals surface area contributed by atoms with E-state index in [1.54, 1.807) is 31.2 Å². The van der Waals surface area contributed by atoms with Gasteiger partial charge in [0.05, 0.1) is 5.69 Å². The van der Waals surface area contributed by atoms with E-state index in [0.717, 1.165) is 63.5 Å². The minimum Gasteiger partial charge on any atom is -0.398 e. The van der Waals surface area contributed by atoms with Crippen molar-refractivity contribution in [1.82, 2.24) is 14.8 Å². The first-order chi connectivity index (χ1) is 38.2. The lowest BCUT2D eigenvalue weighted by Crippen LogP contribution is -2.10. The normalized spacial score (nSPS) is 13.8. The molecule has 0 saturated heterocycles. The van der Waals surface area contributed by atoms with Crippen LogP contribution in [0.2, 0.25) is 0 Å². The van der Waals surface area contributed by atoms with Crippen LogP contribution in [0.5, 0.6) is 0 Å². The van der Waals surface area contributed by atoms with Crippen LogP contribution >= 0.6 is 43.6 Å². The number of nitrogens with two attached hydrogens (primary N) is 1. The van der Waals surface area contributed by atoms with Crippen LogP contribution in [0.25, 0.3) is 28.5 Å². The Kier molecular flexibility index (Phi) is 20.0. The topological polar surface area (TPSA) is 84.7 Å². The van der Waals surface area contributed by atoms with Gasteiger partial charge in [0.25, 0.3) is 0 Å². The van der Waals surface area contributed by atoms with E-state index in [4.69, 9.17) is 28.9 Å². The summed E-state index contributed by atoms with van der Waals surface area (Å²) in [5.41, 5.74) is 17.2. The number of nitrogen functional groups attached to an aromatic ring is 1. The lowest BCUT2D eigenvalue weighted by molar-refractivity contribution is 0.360. The SMILES string of the molecule is CC(C)c1cccc(C(C)C)c1N.CN(C)c1ccccc1.Cc1ccccc1-c1nnc(-c2ccc(S(F)(F)(F)(F)F)cc2)n1-c1c(C(C)C)cccc1C(C)C.Cc1ccccc1/C(Cl)=N/N=C(\Cl)c1ccc(S(F)(F)(F)(F)F)cc1. The van der Waals surface area contributed by atoms with E-state index in [1.807, 2.05) is 86.2 Å². The zero-order valence-corrected chi connectivity index (χ0v) is 51.2. The molecule has 1 heterocycles. The number of aromatic nitrogens is 3. The third-order valence-electron chi connectivity index (χ3n) is 13.0. The largest absolute Gasteiger partial charge is 0.398 e. The van der Waals surface area contributed by atoms with Gasteiger partial charge < -0.3 is 10.6 Å².